The Labute approximate surface area is 123 Å². The second-order valence-corrected chi connectivity index (χ2v) is 6.54. The van der Waals surface area contributed by atoms with Crippen LogP contribution in [0.3, 0.4) is 0 Å². The molecule has 20 heavy (non-hydrogen) atoms. The average molecular weight is 292 g/mol. The third kappa shape index (κ3) is 2.62. The van der Waals surface area contributed by atoms with Gasteiger partial charge in [0.25, 0.3) is 0 Å². The summed E-state index contributed by atoms with van der Waals surface area (Å²) in [6, 6.07) is 2.14. The molecule has 5 nitrogen and oxygen atoms in total. The van der Waals surface area contributed by atoms with Gasteiger partial charge in [0, 0.05) is 23.7 Å². The lowest BCUT2D eigenvalue weighted by Crippen LogP contribution is -2.42. The van der Waals surface area contributed by atoms with Gasteiger partial charge < -0.3 is 16.0 Å². The molecule has 1 atom stereocenters. The molecule has 0 saturated heterocycles. The molecule has 0 unspecified atom stereocenters. The van der Waals surface area contributed by atoms with Crippen LogP contribution in [0.1, 0.15) is 25.7 Å². The topological polar surface area (TPSA) is 71.2 Å². The Morgan fingerprint density at radius 1 is 1.45 bits per heavy atom. The van der Waals surface area contributed by atoms with Gasteiger partial charge in [-0.05, 0) is 18.9 Å². The van der Waals surface area contributed by atoms with Crippen molar-refractivity contribution in [3.63, 3.8) is 0 Å². The highest BCUT2D eigenvalue weighted by molar-refractivity contribution is 7.99. The monoisotopic (exact) mass is 292 g/mol. The van der Waals surface area contributed by atoms with Gasteiger partial charge >= 0.3 is 0 Å². The lowest BCUT2D eigenvalue weighted by Gasteiger charge is -2.19. The fourth-order valence-electron chi connectivity index (χ4n) is 2.77. The normalized spacial score (nSPS) is 23.6. The SMILES string of the molecule is CN1C(=O)[C@@H](N)CSc2cc(NC3CCCC3)ncc21. The average Bonchev–Trinajstić information content (AvgIpc) is 2.93. The second-order valence-electron chi connectivity index (χ2n) is 5.48. The predicted molar refractivity (Wildman–Crippen MR) is 82.2 cm³/mol. The van der Waals surface area contributed by atoms with Crippen LogP contribution in [0, 0.1) is 0 Å². The number of rotatable bonds is 2. The van der Waals surface area contributed by atoms with Crippen LogP contribution in [-0.2, 0) is 4.79 Å². The zero-order valence-corrected chi connectivity index (χ0v) is 12.4. The van der Waals surface area contributed by atoms with Crippen molar-refractivity contribution in [2.75, 3.05) is 23.0 Å². The van der Waals surface area contributed by atoms with E-state index in [0.29, 0.717) is 11.8 Å². The number of thioether (sulfide) groups is 1. The number of nitrogens with two attached hydrogens (primary N) is 1. The van der Waals surface area contributed by atoms with Crippen LogP contribution >= 0.6 is 11.8 Å². The summed E-state index contributed by atoms with van der Waals surface area (Å²) in [5, 5.41) is 3.49. The van der Waals surface area contributed by atoms with Gasteiger partial charge in [0.05, 0.1) is 17.9 Å². The maximum atomic E-state index is 12.0. The van der Waals surface area contributed by atoms with Gasteiger partial charge in [-0.1, -0.05) is 12.8 Å². The highest BCUT2D eigenvalue weighted by atomic mass is 32.2. The van der Waals surface area contributed by atoms with E-state index in [4.69, 9.17) is 5.73 Å². The largest absolute Gasteiger partial charge is 0.367 e. The summed E-state index contributed by atoms with van der Waals surface area (Å²) >= 11 is 1.63. The lowest BCUT2D eigenvalue weighted by molar-refractivity contribution is -0.119. The van der Waals surface area contributed by atoms with Gasteiger partial charge in [0.1, 0.15) is 5.82 Å². The third-order valence-corrected chi connectivity index (χ3v) is 5.14. The fraction of sp³-hybridized carbons (Fsp3) is 0.571. The van der Waals surface area contributed by atoms with E-state index in [1.165, 1.54) is 25.7 Å². The van der Waals surface area contributed by atoms with Crippen LogP contribution < -0.4 is 16.0 Å². The van der Waals surface area contributed by atoms with Gasteiger partial charge in [-0.2, -0.15) is 0 Å². The van der Waals surface area contributed by atoms with Crippen LogP contribution in [0.5, 0.6) is 0 Å². The number of likely N-dealkylation sites (N-methyl/N-ethyl adjacent to an activating group) is 1. The molecule has 0 bridgehead atoms. The summed E-state index contributed by atoms with van der Waals surface area (Å²) in [4.78, 5) is 19.2. The zero-order chi connectivity index (χ0) is 14.1. The van der Waals surface area contributed by atoms with Crippen molar-refractivity contribution in [3.05, 3.63) is 12.3 Å². The zero-order valence-electron chi connectivity index (χ0n) is 11.6. The first-order valence-corrected chi connectivity index (χ1v) is 8.06. The molecular formula is C14H20N4OS. The molecule has 6 heteroatoms. The molecule has 1 aliphatic heterocycles. The summed E-state index contributed by atoms with van der Waals surface area (Å²) in [5.74, 6) is 1.47. The van der Waals surface area contributed by atoms with E-state index in [0.717, 1.165) is 16.4 Å². The van der Waals surface area contributed by atoms with E-state index in [2.05, 4.69) is 10.3 Å². The number of fused-ring (bicyclic) bond motifs is 1. The quantitative estimate of drug-likeness (QED) is 0.870. The minimum atomic E-state index is -0.441. The summed E-state index contributed by atoms with van der Waals surface area (Å²) in [7, 11) is 1.76. The summed E-state index contributed by atoms with van der Waals surface area (Å²) in [6.07, 6.45) is 6.80. The van der Waals surface area contributed by atoms with Gasteiger partial charge in [-0.15, -0.1) is 11.8 Å². The fourth-order valence-corrected chi connectivity index (χ4v) is 3.81. The number of amides is 1. The smallest absolute Gasteiger partial charge is 0.244 e. The number of carbonyl (C=O) groups is 1. The highest BCUT2D eigenvalue weighted by Crippen LogP contribution is 2.34. The molecule has 0 spiro atoms. The molecule has 2 heterocycles. The molecular weight excluding hydrogens is 272 g/mol. The molecule has 3 N–H and O–H groups in total. The number of hydrogen-bond donors (Lipinski definition) is 2. The molecule has 1 fully saturated rings. The Kier molecular flexibility index (Phi) is 3.85. The molecule has 0 aromatic carbocycles. The van der Waals surface area contributed by atoms with E-state index in [1.54, 1.807) is 29.9 Å². The predicted octanol–water partition coefficient (Wildman–Crippen LogP) is 1.83. The number of carbonyl (C=O) groups excluding carboxylic acids is 1. The molecule has 3 rings (SSSR count). The first kappa shape index (κ1) is 13.7. The third-order valence-electron chi connectivity index (χ3n) is 3.98. The summed E-state index contributed by atoms with van der Waals surface area (Å²) in [6.45, 7) is 0. The Morgan fingerprint density at radius 3 is 2.95 bits per heavy atom. The minimum Gasteiger partial charge on any atom is -0.367 e. The van der Waals surface area contributed by atoms with Crippen molar-refractivity contribution in [3.8, 4) is 0 Å². The van der Waals surface area contributed by atoms with Crippen LogP contribution in [0.4, 0.5) is 11.5 Å². The van der Waals surface area contributed by atoms with Crippen LogP contribution in [0.15, 0.2) is 17.2 Å². The Balaban J connectivity index is 1.83. The standard InChI is InChI=1S/C14H20N4OS/c1-18-11-7-16-13(17-9-4-2-3-5-9)6-12(11)20-8-10(15)14(18)19/h6-7,9-10H,2-5,8,15H2,1H3,(H,16,17)/t10-/m0/s1. The van der Waals surface area contributed by atoms with Crippen LogP contribution in [0.25, 0.3) is 0 Å². The number of nitrogens with zero attached hydrogens (tertiary/aromatic N) is 2. The molecule has 1 aromatic rings. The van der Waals surface area contributed by atoms with Crippen molar-refractivity contribution in [1.29, 1.82) is 0 Å². The Hall–Kier alpha value is -1.27. The van der Waals surface area contributed by atoms with Crippen LogP contribution in [-0.4, -0.2) is 35.8 Å². The van der Waals surface area contributed by atoms with E-state index < -0.39 is 6.04 Å². The molecule has 1 aliphatic carbocycles. The van der Waals surface area contributed by atoms with Gasteiger partial charge in [-0.3, -0.25) is 4.79 Å². The van der Waals surface area contributed by atoms with E-state index in [1.807, 2.05) is 6.07 Å². The van der Waals surface area contributed by atoms with Gasteiger partial charge in [0.2, 0.25) is 5.91 Å². The maximum Gasteiger partial charge on any atom is 0.244 e. The van der Waals surface area contributed by atoms with Crippen molar-refractivity contribution in [2.45, 2.75) is 42.7 Å². The Morgan fingerprint density at radius 2 is 2.20 bits per heavy atom. The molecule has 108 valence electrons. The van der Waals surface area contributed by atoms with Crippen molar-refractivity contribution < 1.29 is 4.79 Å². The first-order chi connectivity index (χ1) is 9.65. The molecule has 1 amide bonds. The van der Waals surface area contributed by atoms with E-state index in [9.17, 15) is 4.79 Å². The number of pyridine rings is 1. The number of nitrogens with one attached hydrogen (secondary N) is 1. The molecule has 1 aromatic heterocycles. The van der Waals surface area contributed by atoms with Crippen LogP contribution in [0.2, 0.25) is 0 Å². The van der Waals surface area contributed by atoms with Crippen molar-refractivity contribution in [2.24, 2.45) is 5.73 Å². The second kappa shape index (κ2) is 5.61. The van der Waals surface area contributed by atoms with Gasteiger partial charge in [-0.25, -0.2) is 4.98 Å². The van der Waals surface area contributed by atoms with Crippen molar-refractivity contribution >= 4 is 29.2 Å². The van der Waals surface area contributed by atoms with Gasteiger partial charge in [0.15, 0.2) is 0 Å². The number of hydrogen-bond acceptors (Lipinski definition) is 5. The first-order valence-electron chi connectivity index (χ1n) is 7.07. The number of anilines is 2. The molecule has 1 saturated carbocycles. The highest BCUT2D eigenvalue weighted by Gasteiger charge is 2.26. The molecule has 0 radical (unpaired) electrons. The van der Waals surface area contributed by atoms with E-state index in [-0.39, 0.29) is 5.91 Å². The lowest BCUT2D eigenvalue weighted by atomic mass is 10.2. The summed E-state index contributed by atoms with van der Waals surface area (Å²) in [5.41, 5.74) is 6.72. The Bertz CT molecular complexity index is 516. The van der Waals surface area contributed by atoms with Crippen molar-refractivity contribution in [1.82, 2.24) is 4.98 Å². The summed E-state index contributed by atoms with van der Waals surface area (Å²) < 4.78 is 0. The minimum absolute atomic E-state index is 0.0467. The van der Waals surface area contributed by atoms with E-state index >= 15 is 0 Å². The molecule has 2 aliphatic rings. The maximum absolute atomic E-state index is 12.0. The number of aromatic nitrogens is 1.